The van der Waals surface area contributed by atoms with Crippen LogP contribution in [0.1, 0.15) is 0 Å². The van der Waals surface area contributed by atoms with Gasteiger partial charge in [-0.25, -0.2) is 0 Å². The second-order valence-electron chi connectivity index (χ2n) is 1.49. The Morgan fingerprint density at radius 2 is 2.10 bits per heavy atom. The van der Waals surface area contributed by atoms with Gasteiger partial charge in [0.05, 0.1) is 10.6 Å². The van der Waals surface area contributed by atoms with Crippen LogP contribution in [0.4, 0.5) is 0 Å². The Morgan fingerprint density at radius 3 is 2.20 bits per heavy atom. The summed E-state index contributed by atoms with van der Waals surface area (Å²) in [4.78, 5) is 10.5. The fraction of sp³-hybridized carbons (Fsp3) is 0.200. The third kappa shape index (κ3) is 2.10. The molecule has 1 amide bonds. The van der Waals surface area contributed by atoms with Gasteiger partial charge in [0.2, 0.25) is 0 Å². The van der Waals surface area contributed by atoms with Crippen LogP contribution in [-0.2, 0) is 4.79 Å². The zero-order chi connectivity index (χ0) is 8.15. The first-order valence-electron chi connectivity index (χ1n) is 2.47. The number of nitrogens with two attached hydrogens (primary N) is 2. The smallest absolute Gasteiger partial charge is 0.252 e. The molecular weight excluding hydrogens is 150 g/mol. The van der Waals surface area contributed by atoms with Crippen LogP contribution in [-0.4, -0.2) is 18.4 Å². The molecule has 0 fully saturated rings. The van der Waals surface area contributed by atoms with Gasteiger partial charge in [-0.15, -0.1) is 11.8 Å². The van der Waals surface area contributed by atoms with Gasteiger partial charge in [-0.1, -0.05) is 0 Å². The van der Waals surface area contributed by atoms with Crippen LogP contribution in [0.3, 0.4) is 0 Å². The van der Waals surface area contributed by atoms with Gasteiger partial charge in [0.25, 0.3) is 5.91 Å². The summed E-state index contributed by atoms with van der Waals surface area (Å²) >= 11 is 1.19. The van der Waals surface area contributed by atoms with Crippen molar-refractivity contribution in [3.63, 3.8) is 0 Å². The van der Waals surface area contributed by atoms with Crippen LogP contribution in [0.5, 0.6) is 0 Å². The normalized spacial score (nSPS) is 12.1. The second-order valence-corrected chi connectivity index (χ2v) is 2.34. The van der Waals surface area contributed by atoms with E-state index in [1.165, 1.54) is 11.8 Å². The Labute approximate surface area is 63.2 Å². The Balaban J connectivity index is 4.62. The molecule has 0 heterocycles. The number of thioether (sulfide) groups is 1. The van der Waals surface area contributed by atoms with Gasteiger partial charge in [0.15, 0.2) is 0 Å². The van der Waals surface area contributed by atoms with Crippen molar-refractivity contribution in [1.82, 2.24) is 0 Å². The van der Waals surface area contributed by atoms with Crippen molar-refractivity contribution in [2.24, 2.45) is 11.5 Å². The van der Waals surface area contributed by atoms with E-state index in [0.717, 1.165) is 6.21 Å². The molecule has 0 bridgehead atoms. The molecule has 0 aliphatic carbocycles. The number of carbonyl (C=O) groups is 1. The van der Waals surface area contributed by atoms with Gasteiger partial charge in [-0.2, -0.15) is 0 Å². The molecule has 0 aromatic heterocycles. The largest absolute Gasteiger partial charge is 0.393 e. The van der Waals surface area contributed by atoms with Crippen LogP contribution in [0.25, 0.3) is 0 Å². The standard InChI is InChI=1S/C5H9N3OS/c1-10-5(8)3(2-6)4(7)9/h2,6H,8H2,1H3,(H2,7,9)/b5-3-,6-2?. The van der Waals surface area contributed by atoms with E-state index >= 15 is 0 Å². The van der Waals surface area contributed by atoms with Crippen LogP contribution < -0.4 is 11.5 Å². The number of primary amides is 1. The molecule has 5 N–H and O–H groups in total. The van der Waals surface area contributed by atoms with Gasteiger partial charge in [-0.05, 0) is 6.26 Å². The molecule has 10 heavy (non-hydrogen) atoms. The average molecular weight is 159 g/mol. The number of hydrogen-bond acceptors (Lipinski definition) is 4. The topological polar surface area (TPSA) is 93.0 Å². The van der Waals surface area contributed by atoms with Crippen LogP contribution >= 0.6 is 11.8 Å². The lowest BCUT2D eigenvalue weighted by atomic mass is 10.3. The van der Waals surface area contributed by atoms with Crippen molar-refractivity contribution in [2.45, 2.75) is 0 Å². The lowest BCUT2D eigenvalue weighted by Gasteiger charge is -1.98. The van der Waals surface area contributed by atoms with Crippen LogP contribution in [0, 0.1) is 5.41 Å². The first-order chi connectivity index (χ1) is 4.63. The molecule has 0 aromatic rings. The van der Waals surface area contributed by atoms with E-state index in [-0.39, 0.29) is 10.6 Å². The quantitative estimate of drug-likeness (QED) is 0.388. The summed E-state index contributed by atoms with van der Waals surface area (Å²) in [6.45, 7) is 0. The molecule has 0 radical (unpaired) electrons. The molecule has 0 rings (SSSR count). The highest BCUT2D eigenvalue weighted by atomic mass is 32.2. The lowest BCUT2D eigenvalue weighted by Crippen LogP contribution is -2.18. The summed E-state index contributed by atoms with van der Waals surface area (Å²) in [6, 6.07) is 0. The summed E-state index contributed by atoms with van der Waals surface area (Å²) in [5, 5.41) is 7.03. The highest BCUT2D eigenvalue weighted by Crippen LogP contribution is 2.07. The van der Waals surface area contributed by atoms with E-state index in [4.69, 9.17) is 16.9 Å². The Morgan fingerprint density at radius 1 is 1.60 bits per heavy atom. The van der Waals surface area contributed by atoms with Crippen molar-refractivity contribution in [1.29, 1.82) is 5.41 Å². The number of carbonyl (C=O) groups excluding carboxylic acids is 1. The summed E-state index contributed by atoms with van der Waals surface area (Å²) in [7, 11) is 0. The molecule has 0 aliphatic rings. The van der Waals surface area contributed by atoms with Crippen molar-refractivity contribution in [3.8, 4) is 0 Å². The van der Waals surface area contributed by atoms with Gasteiger partial charge >= 0.3 is 0 Å². The van der Waals surface area contributed by atoms with E-state index in [2.05, 4.69) is 0 Å². The lowest BCUT2D eigenvalue weighted by molar-refractivity contribution is -0.114. The molecule has 0 atom stereocenters. The molecule has 0 saturated carbocycles. The summed E-state index contributed by atoms with van der Waals surface area (Å²) in [6.07, 6.45) is 2.57. The molecule has 5 heteroatoms. The van der Waals surface area contributed by atoms with Crippen LogP contribution in [0.2, 0.25) is 0 Å². The summed E-state index contributed by atoms with van der Waals surface area (Å²) in [5.41, 5.74) is 10.3. The zero-order valence-electron chi connectivity index (χ0n) is 5.55. The predicted octanol–water partition coefficient (Wildman–Crippen LogP) is -0.345. The van der Waals surface area contributed by atoms with Crippen molar-refractivity contribution in [2.75, 3.05) is 6.26 Å². The minimum atomic E-state index is -0.665. The van der Waals surface area contributed by atoms with E-state index < -0.39 is 5.91 Å². The first kappa shape index (κ1) is 9.03. The Hall–Kier alpha value is -0.970. The van der Waals surface area contributed by atoms with E-state index in [1.807, 2.05) is 0 Å². The maximum Gasteiger partial charge on any atom is 0.252 e. The third-order valence-electron chi connectivity index (χ3n) is 0.895. The fourth-order valence-corrected chi connectivity index (χ4v) is 0.753. The van der Waals surface area contributed by atoms with E-state index in [0.29, 0.717) is 0 Å². The summed E-state index contributed by atoms with van der Waals surface area (Å²) < 4.78 is 0. The Bertz CT molecular complexity index is 187. The monoisotopic (exact) mass is 159 g/mol. The van der Waals surface area contributed by atoms with Gasteiger partial charge in [-0.3, -0.25) is 4.79 Å². The first-order valence-corrected chi connectivity index (χ1v) is 3.70. The average Bonchev–Trinajstić information content (AvgIpc) is 1.88. The number of nitrogens with one attached hydrogen (secondary N) is 1. The molecule has 0 aliphatic heterocycles. The molecule has 0 aromatic carbocycles. The molecule has 0 saturated heterocycles. The summed E-state index contributed by atoms with van der Waals surface area (Å²) in [5.74, 6) is -0.665. The Kier molecular flexibility index (Phi) is 3.56. The number of rotatable bonds is 3. The molecule has 0 spiro atoms. The van der Waals surface area contributed by atoms with Crippen molar-refractivity contribution < 1.29 is 4.79 Å². The number of hydrogen-bond donors (Lipinski definition) is 3. The minimum Gasteiger partial charge on any atom is -0.393 e. The third-order valence-corrected chi connectivity index (χ3v) is 1.55. The van der Waals surface area contributed by atoms with Crippen molar-refractivity contribution in [3.05, 3.63) is 10.6 Å². The molecule has 0 unspecified atom stereocenters. The highest BCUT2D eigenvalue weighted by molar-refractivity contribution is 8.02. The van der Waals surface area contributed by atoms with E-state index in [9.17, 15) is 4.79 Å². The van der Waals surface area contributed by atoms with Crippen LogP contribution in [0.15, 0.2) is 10.6 Å². The molecule has 4 nitrogen and oxygen atoms in total. The van der Waals surface area contributed by atoms with Crippen molar-refractivity contribution >= 4 is 23.9 Å². The van der Waals surface area contributed by atoms with Gasteiger partial charge < -0.3 is 16.9 Å². The van der Waals surface area contributed by atoms with Gasteiger partial charge in [0.1, 0.15) is 0 Å². The zero-order valence-corrected chi connectivity index (χ0v) is 6.37. The number of amides is 1. The second kappa shape index (κ2) is 3.94. The fourth-order valence-electron chi connectivity index (χ4n) is 0.374. The molecule has 56 valence electrons. The maximum absolute atomic E-state index is 10.5. The predicted molar refractivity (Wildman–Crippen MR) is 42.7 cm³/mol. The minimum absolute atomic E-state index is 0.0625. The maximum atomic E-state index is 10.5. The van der Waals surface area contributed by atoms with Gasteiger partial charge in [0, 0.05) is 6.21 Å². The molecular formula is C5H9N3OS. The van der Waals surface area contributed by atoms with E-state index in [1.54, 1.807) is 6.26 Å². The highest BCUT2D eigenvalue weighted by Gasteiger charge is 2.04. The SMILES string of the molecule is CS/C(N)=C(/C=N)C(N)=O.